The monoisotopic (exact) mass is 374 g/mol. The Morgan fingerprint density at radius 2 is 1.81 bits per heavy atom. The van der Waals surface area contributed by atoms with Gasteiger partial charge < -0.3 is 20.1 Å². The van der Waals surface area contributed by atoms with Crippen LogP contribution < -0.4 is 5.32 Å². The van der Waals surface area contributed by atoms with E-state index >= 15 is 0 Å². The van der Waals surface area contributed by atoms with Gasteiger partial charge in [-0.15, -0.1) is 0 Å². The lowest BCUT2D eigenvalue weighted by Crippen LogP contribution is -2.51. The van der Waals surface area contributed by atoms with E-state index in [0.29, 0.717) is 18.7 Å². The number of hydrogen-bond donors (Lipinski definition) is 2. The first-order valence-electron chi connectivity index (χ1n) is 9.48. The predicted octanol–water partition coefficient (Wildman–Crippen LogP) is 1.81. The SMILES string of the molecule is C[C@@H]1CN(C(=O)c2ccc(CNC(=O)C3CCCC3)cc2)CC(C(=O)O)O1. The molecular formula is C20H26N2O5. The fourth-order valence-corrected chi connectivity index (χ4v) is 3.72. The molecule has 7 nitrogen and oxygen atoms in total. The third kappa shape index (κ3) is 4.86. The van der Waals surface area contributed by atoms with E-state index < -0.39 is 12.1 Å². The minimum absolute atomic E-state index is 0.0394. The van der Waals surface area contributed by atoms with Crippen molar-refractivity contribution < 1.29 is 24.2 Å². The van der Waals surface area contributed by atoms with Crippen LogP contribution in [0.5, 0.6) is 0 Å². The molecule has 1 saturated carbocycles. The highest BCUT2D eigenvalue weighted by Crippen LogP contribution is 2.24. The van der Waals surface area contributed by atoms with E-state index in [4.69, 9.17) is 9.84 Å². The number of nitrogens with one attached hydrogen (secondary N) is 1. The van der Waals surface area contributed by atoms with Crippen LogP contribution in [0.15, 0.2) is 24.3 Å². The lowest BCUT2D eigenvalue weighted by atomic mass is 10.1. The van der Waals surface area contributed by atoms with Gasteiger partial charge >= 0.3 is 5.97 Å². The van der Waals surface area contributed by atoms with Crippen molar-refractivity contribution in [3.63, 3.8) is 0 Å². The molecule has 3 rings (SSSR count). The van der Waals surface area contributed by atoms with E-state index in [0.717, 1.165) is 31.2 Å². The summed E-state index contributed by atoms with van der Waals surface area (Å²) in [7, 11) is 0. The van der Waals surface area contributed by atoms with Gasteiger partial charge in [0.05, 0.1) is 12.6 Å². The van der Waals surface area contributed by atoms with Crippen molar-refractivity contribution in [2.75, 3.05) is 13.1 Å². The molecule has 2 fully saturated rings. The molecule has 2 N–H and O–H groups in total. The largest absolute Gasteiger partial charge is 0.479 e. The summed E-state index contributed by atoms with van der Waals surface area (Å²) < 4.78 is 5.35. The second-order valence-electron chi connectivity index (χ2n) is 7.38. The van der Waals surface area contributed by atoms with E-state index in [-0.39, 0.29) is 30.4 Å². The van der Waals surface area contributed by atoms with Crippen molar-refractivity contribution >= 4 is 17.8 Å². The zero-order chi connectivity index (χ0) is 19.4. The fourth-order valence-electron chi connectivity index (χ4n) is 3.72. The summed E-state index contributed by atoms with van der Waals surface area (Å²) in [6, 6.07) is 7.08. The molecule has 1 unspecified atom stereocenters. The van der Waals surface area contributed by atoms with E-state index in [1.165, 1.54) is 4.90 Å². The number of benzene rings is 1. The number of ether oxygens (including phenoxy) is 1. The van der Waals surface area contributed by atoms with Crippen LogP contribution >= 0.6 is 0 Å². The number of amides is 2. The Morgan fingerprint density at radius 3 is 2.44 bits per heavy atom. The van der Waals surface area contributed by atoms with Crippen molar-refractivity contribution in [2.45, 2.75) is 51.4 Å². The van der Waals surface area contributed by atoms with Crippen LogP contribution in [0.2, 0.25) is 0 Å². The molecule has 146 valence electrons. The van der Waals surface area contributed by atoms with Crippen molar-refractivity contribution in [1.29, 1.82) is 0 Å². The van der Waals surface area contributed by atoms with E-state index in [2.05, 4.69) is 5.32 Å². The predicted molar refractivity (Wildman–Crippen MR) is 98.1 cm³/mol. The Morgan fingerprint density at radius 1 is 1.15 bits per heavy atom. The van der Waals surface area contributed by atoms with E-state index in [1.54, 1.807) is 19.1 Å². The first-order chi connectivity index (χ1) is 12.9. The van der Waals surface area contributed by atoms with Gasteiger partial charge in [-0.1, -0.05) is 25.0 Å². The molecule has 2 amide bonds. The molecule has 1 aliphatic heterocycles. The maximum Gasteiger partial charge on any atom is 0.334 e. The summed E-state index contributed by atoms with van der Waals surface area (Å²) in [4.78, 5) is 37.4. The Labute approximate surface area is 158 Å². The van der Waals surface area contributed by atoms with Gasteiger partial charge in [-0.2, -0.15) is 0 Å². The number of nitrogens with zero attached hydrogens (tertiary/aromatic N) is 1. The first kappa shape index (κ1) is 19.4. The molecule has 7 heteroatoms. The number of carboxylic acid groups (broad SMARTS) is 1. The van der Waals surface area contributed by atoms with Crippen molar-refractivity contribution in [3.05, 3.63) is 35.4 Å². The van der Waals surface area contributed by atoms with Crippen LogP contribution in [0.3, 0.4) is 0 Å². The lowest BCUT2D eigenvalue weighted by molar-refractivity contribution is -0.160. The lowest BCUT2D eigenvalue weighted by Gasteiger charge is -2.35. The number of hydrogen-bond acceptors (Lipinski definition) is 4. The maximum atomic E-state index is 12.7. The van der Waals surface area contributed by atoms with E-state index in [1.807, 2.05) is 12.1 Å². The Hall–Kier alpha value is -2.41. The molecule has 0 aromatic heterocycles. The van der Waals surface area contributed by atoms with Crippen LogP contribution in [0.4, 0.5) is 0 Å². The summed E-state index contributed by atoms with van der Waals surface area (Å²) in [5, 5.41) is 12.1. The van der Waals surface area contributed by atoms with Gasteiger partial charge in [0.1, 0.15) is 0 Å². The number of morpholine rings is 1. The molecule has 0 bridgehead atoms. The molecule has 2 aliphatic rings. The van der Waals surface area contributed by atoms with Crippen LogP contribution in [0.25, 0.3) is 0 Å². The van der Waals surface area contributed by atoms with Gasteiger partial charge in [0.25, 0.3) is 5.91 Å². The van der Waals surface area contributed by atoms with Crippen LogP contribution in [-0.4, -0.2) is 53.1 Å². The van der Waals surface area contributed by atoms with Gasteiger partial charge in [0.15, 0.2) is 6.10 Å². The second-order valence-corrected chi connectivity index (χ2v) is 7.38. The molecule has 1 aliphatic carbocycles. The first-order valence-corrected chi connectivity index (χ1v) is 9.48. The van der Waals surface area contributed by atoms with E-state index in [9.17, 15) is 14.4 Å². The smallest absolute Gasteiger partial charge is 0.334 e. The Balaban J connectivity index is 1.56. The molecule has 0 radical (unpaired) electrons. The minimum Gasteiger partial charge on any atom is -0.479 e. The Bertz CT molecular complexity index is 697. The number of rotatable bonds is 5. The van der Waals surface area contributed by atoms with Gasteiger partial charge in [0, 0.05) is 24.6 Å². The van der Waals surface area contributed by atoms with Gasteiger partial charge in [-0.25, -0.2) is 4.79 Å². The topological polar surface area (TPSA) is 95.9 Å². The zero-order valence-corrected chi connectivity index (χ0v) is 15.5. The van der Waals surface area contributed by atoms with Gasteiger partial charge in [-0.3, -0.25) is 9.59 Å². The van der Waals surface area contributed by atoms with Crippen LogP contribution in [-0.2, 0) is 20.9 Å². The molecule has 0 spiro atoms. The van der Waals surface area contributed by atoms with Gasteiger partial charge in [0.2, 0.25) is 5.91 Å². The highest BCUT2D eigenvalue weighted by atomic mass is 16.5. The highest BCUT2D eigenvalue weighted by molar-refractivity contribution is 5.94. The highest BCUT2D eigenvalue weighted by Gasteiger charge is 2.33. The Kier molecular flexibility index (Phi) is 6.11. The molecule has 1 heterocycles. The van der Waals surface area contributed by atoms with Crippen LogP contribution in [0, 0.1) is 5.92 Å². The molecule has 1 aromatic rings. The van der Waals surface area contributed by atoms with Crippen LogP contribution in [0.1, 0.15) is 48.5 Å². The molecule has 1 aromatic carbocycles. The molecule has 1 saturated heterocycles. The average Bonchev–Trinajstić information content (AvgIpc) is 3.20. The quantitative estimate of drug-likeness (QED) is 0.819. The standard InChI is InChI=1S/C20H26N2O5/c1-13-11-22(12-17(27-13)20(25)26)19(24)16-8-6-14(7-9-16)10-21-18(23)15-4-2-3-5-15/h6-9,13,15,17H,2-5,10-12H2,1H3,(H,21,23)(H,25,26)/t13-,17?/m1/s1. The number of carbonyl (C=O) groups excluding carboxylic acids is 2. The minimum atomic E-state index is -1.06. The number of carbonyl (C=O) groups is 3. The molecule has 2 atom stereocenters. The molecule has 27 heavy (non-hydrogen) atoms. The third-order valence-corrected chi connectivity index (χ3v) is 5.22. The normalized spacial score (nSPS) is 23.2. The number of carboxylic acids is 1. The summed E-state index contributed by atoms with van der Waals surface area (Å²) in [5.74, 6) is -1.03. The summed E-state index contributed by atoms with van der Waals surface area (Å²) in [5.41, 5.74) is 1.43. The number of aliphatic carboxylic acids is 1. The second kappa shape index (κ2) is 8.52. The van der Waals surface area contributed by atoms with Gasteiger partial charge in [-0.05, 0) is 37.5 Å². The zero-order valence-electron chi connectivity index (χ0n) is 15.5. The summed E-state index contributed by atoms with van der Waals surface area (Å²) >= 11 is 0. The third-order valence-electron chi connectivity index (χ3n) is 5.22. The fraction of sp³-hybridized carbons (Fsp3) is 0.550. The summed E-state index contributed by atoms with van der Waals surface area (Å²) in [6.07, 6.45) is 2.86. The summed E-state index contributed by atoms with van der Waals surface area (Å²) in [6.45, 7) is 2.60. The maximum absolute atomic E-state index is 12.7. The van der Waals surface area contributed by atoms with Crippen molar-refractivity contribution in [2.24, 2.45) is 5.92 Å². The molecular weight excluding hydrogens is 348 g/mol. The van der Waals surface area contributed by atoms with Crippen molar-refractivity contribution in [1.82, 2.24) is 10.2 Å². The van der Waals surface area contributed by atoms with Crippen molar-refractivity contribution in [3.8, 4) is 0 Å². The average molecular weight is 374 g/mol.